The monoisotopic (exact) mass is 175 g/mol. The van der Waals surface area contributed by atoms with E-state index in [1.54, 1.807) is 6.92 Å². The number of hydrogen-bond donors (Lipinski definition) is 1. The van der Waals surface area contributed by atoms with Crippen molar-refractivity contribution in [1.82, 2.24) is 0 Å². The van der Waals surface area contributed by atoms with E-state index in [2.05, 4.69) is 5.18 Å². The first-order valence-electron chi connectivity index (χ1n) is 3.87. The van der Waals surface area contributed by atoms with E-state index in [1.807, 2.05) is 0 Å². The smallest absolute Gasteiger partial charge is 0.183 e. The number of ether oxygens (including phenoxy) is 2. The molecule has 0 bridgehead atoms. The highest BCUT2D eigenvalue weighted by Crippen LogP contribution is 2.22. The molecule has 0 aromatic carbocycles. The fourth-order valence-electron chi connectivity index (χ4n) is 1.28. The summed E-state index contributed by atoms with van der Waals surface area (Å²) in [5, 5.41) is 12.2. The molecule has 0 aliphatic carbocycles. The van der Waals surface area contributed by atoms with Crippen LogP contribution < -0.4 is 0 Å². The van der Waals surface area contributed by atoms with E-state index in [-0.39, 0.29) is 6.10 Å². The third-order valence-corrected chi connectivity index (χ3v) is 2.06. The predicted molar refractivity (Wildman–Crippen MR) is 41.6 cm³/mol. The minimum atomic E-state index is -0.756. The van der Waals surface area contributed by atoms with Crippen molar-refractivity contribution in [1.29, 1.82) is 0 Å². The van der Waals surface area contributed by atoms with Crippen molar-refractivity contribution < 1.29 is 14.6 Å². The van der Waals surface area contributed by atoms with E-state index in [0.29, 0.717) is 6.42 Å². The molecule has 1 fully saturated rings. The molecule has 1 rings (SSSR count). The Hall–Kier alpha value is -0.520. The summed E-state index contributed by atoms with van der Waals surface area (Å²) in [4.78, 5) is 10.2. The maximum Gasteiger partial charge on any atom is 0.183 e. The molecule has 0 saturated carbocycles. The van der Waals surface area contributed by atoms with Crippen molar-refractivity contribution in [2.45, 2.75) is 37.9 Å². The van der Waals surface area contributed by atoms with Gasteiger partial charge in [0.25, 0.3) is 0 Å². The SMILES string of the molecule is COC1O[C@@H](C)C(N=O)C[C@H]1O. The van der Waals surface area contributed by atoms with Gasteiger partial charge in [0.1, 0.15) is 12.1 Å². The highest BCUT2D eigenvalue weighted by atomic mass is 16.7. The lowest BCUT2D eigenvalue weighted by atomic mass is 10.0. The second-order valence-corrected chi connectivity index (χ2v) is 2.92. The average molecular weight is 175 g/mol. The summed E-state index contributed by atoms with van der Waals surface area (Å²) in [5.41, 5.74) is 0. The summed E-state index contributed by atoms with van der Waals surface area (Å²) in [7, 11) is 1.45. The van der Waals surface area contributed by atoms with E-state index in [4.69, 9.17) is 9.47 Å². The molecular formula is C7H13NO4. The summed E-state index contributed by atoms with van der Waals surface area (Å²) < 4.78 is 10.0. The Morgan fingerprint density at radius 3 is 2.83 bits per heavy atom. The summed E-state index contributed by atoms with van der Waals surface area (Å²) >= 11 is 0. The maximum atomic E-state index is 10.2. The van der Waals surface area contributed by atoms with E-state index >= 15 is 0 Å². The number of methoxy groups -OCH3 is 1. The number of nitroso groups, excluding NO2 is 1. The zero-order chi connectivity index (χ0) is 9.14. The third kappa shape index (κ3) is 1.80. The van der Waals surface area contributed by atoms with Crippen LogP contribution in [-0.4, -0.2) is 36.8 Å². The van der Waals surface area contributed by atoms with Gasteiger partial charge in [0, 0.05) is 13.5 Å². The van der Waals surface area contributed by atoms with Crippen LogP contribution in [0.5, 0.6) is 0 Å². The van der Waals surface area contributed by atoms with Gasteiger partial charge in [-0.2, -0.15) is 4.91 Å². The van der Waals surface area contributed by atoms with Crippen LogP contribution in [0.25, 0.3) is 0 Å². The minimum Gasteiger partial charge on any atom is -0.388 e. The van der Waals surface area contributed by atoms with Crippen LogP contribution in [0, 0.1) is 4.91 Å². The molecule has 0 amide bonds. The Morgan fingerprint density at radius 2 is 2.33 bits per heavy atom. The Labute approximate surface area is 70.6 Å². The van der Waals surface area contributed by atoms with Gasteiger partial charge >= 0.3 is 0 Å². The predicted octanol–water partition coefficient (Wildman–Crippen LogP) is 0.264. The van der Waals surface area contributed by atoms with Crippen LogP contribution in [-0.2, 0) is 9.47 Å². The van der Waals surface area contributed by atoms with E-state index in [9.17, 15) is 10.0 Å². The quantitative estimate of drug-likeness (QED) is 0.611. The van der Waals surface area contributed by atoms with Gasteiger partial charge in [-0.05, 0) is 6.92 Å². The van der Waals surface area contributed by atoms with Crippen LogP contribution >= 0.6 is 0 Å². The van der Waals surface area contributed by atoms with Gasteiger partial charge in [-0.1, -0.05) is 5.18 Å². The molecule has 0 radical (unpaired) electrons. The fraction of sp³-hybridized carbons (Fsp3) is 1.00. The molecule has 2 unspecified atom stereocenters. The highest BCUT2D eigenvalue weighted by molar-refractivity contribution is 4.83. The molecule has 0 spiro atoms. The zero-order valence-electron chi connectivity index (χ0n) is 7.14. The van der Waals surface area contributed by atoms with Crippen LogP contribution in [0.2, 0.25) is 0 Å². The molecule has 1 N–H and O–H groups in total. The maximum absolute atomic E-state index is 10.2. The van der Waals surface area contributed by atoms with Gasteiger partial charge in [0.05, 0.1) is 6.10 Å². The lowest BCUT2D eigenvalue weighted by molar-refractivity contribution is -0.229. The van der Waals surface area contributed by atoms with Crippen molar-refractivity contribution in [3.8, 4) is 0 Å². The lowest BCUT2D eigenvalue weighted by Crippen LogP contribution is -2.45. The van der Waals surface area contributed by atoms with Gasteiger partial charge in [-0.3, -0.25) is 0 Å². The summed E-state index contributed by atoms with van der Waals surface area (Å²) in [6.07, 6.45) is -1.36. The normalized spacial score (nSPS) is 42.6. The molecule has 4 atom stereocenters. The van der Waals surface area contributed by atoms with Crippen molar-refractivity contribution in [3.05, 3.63) is 4.91 Å². The van der Waals surface area contributed by atoms with E-state index < -0.39 is 18.4 Å². The van der Waals surface area contributed by atoms with Gasteiger partial charge in [-0.25, -0.2) is 0 Å². The molecule has 70 valence electrons. The second-order valence-electron chi connectivity index (χ2n) is 2.92. The topological polar surface area (TPSA) is 68.1 Å². The fourth-order valence-corrected chi connectivity index (χ4v) is 1.28. The molecule has 1 aliphatic heterocycles. The van der Waals surface area contributed by atoms with Gasteiger partial charge < -0.3 is 14.6 Å². The Morgan fingerprint density at radius 1 is 1.67 bits per heavy atom. The molecule has 1 aliphatic rings. The lowest BCUT2D eigenvalue weighted by Gasteiger charge is -2.33. The number of rotatable bonds is 2. The van der Waals surface area contributed by atoms with Crippen LogP contribution in [0.15, 0.2) is 5.18 Å². The summed E-state index contributed by atoms with van der Waals surface area (Å²) in [6, 6.07) is -0.466. The van der Waals surface area contributed by atoms with Crippen molar-refractivity contribution in [3.63, 3.8) is 0 Å². The number of nitrogens with zero attached hydrogens (tertiary/aromatic N) is 1. The Kier molecular flexibility index (Phi) is 3.13. The first-order valence-corrected chi connectivity index (χ1v) is 3.87. The highest BCUT2D eigenvalue weighted by Gasteiger charge is 2.35. The van der Waals surface area contributed by atoms with Crippen LogP contribution in [0.4, 0.5) is 0 Å². The standard InChI is InChI=1S/C7H13NO4/c1-4-5(8-10)3-6(9)7(11-2)12-4/h4-7,9H,3H2,1-2H3/t4-,5?,6+,7?/m0/s1. The average Bonchev–Trinajstić information content (AvgIpc) is 2.08. The number of hydrogen-bond acceptors (Lipinski definition) is 5. The zero-order valence-corrected chi connectivity index (χ0v) is 7.14. The molecule has 1 heterocycles. The molecule has 5 heteroatoms. The molecule has 12 heavy (non-hydrogen) atoms. The molecule has 1 saturated heterocycles. The largest absolute Gasteiger partial charge is 0.388 e. The van der Waals surface area contributed by atoms with Gasteiger partial charge in [-0.15, -0.1) is 0 Å². The second kappa shape index (κ2) is 3.93. The van der Waals surface area contributed by atoms with Crippen molar-refractivity contribution in [2.75, 3.05) is 7.11 Å². The Balaban J connectivity index is 2.55. The van der Waals surface area contributed by atoms with Crippen LogP contribution in [0.1, 0.15) is 13.3 Å². The summed E-state index contributed by atoms with van der Waals surface area (Å²) in [5.74, 6) is 0. The van der Waals surface area contributed by atoms with Gasteiger partial charge in [0.2, 0.25) is 0 Å². The van der Waals surface area contributed by atoms with Crippen molar-refractivity contribution >= 4 is 0 Å². The van der Waals surface area contributed by atoms with Gasteiger partial charge in [0.15, 0.2) is 6.29 Å². The van der Waals surface area contributed by atoms with Crippen LogP contribution in [0.3, 0.4) is 0 Å². The number of aliphatic hydroxyl groups is 1. The molecule has 5 nitrogen and oxygen atoms in total. The summed E-state index contributed by atoms with van der Waals surface area (Å²) in [6.45, 7) is 1.74. The first kappa shape index (κ1) is 9.57. The first-order chi connectivity index (χ1) is 5.69. The molecule has 0 aromatic heterocycles. The Bertz CT molecular complexity index is 163. The third-order valence-electron chi connectivity index (χ3n) is 2.06. The van der Waals surface area contributed by atoms with Crippen molar-refractivity contribution in [2.24, 2.45) is 5.18 Å². The molecule has 0 aromatic rings. The number of aliphatic hydroxyl groups excluding tert-OH is 1. The van der Waals surface area contributed by atoms with E-state index in [0.717, 1.165) is 0 Å². The minimum absolute atomic E-state index is 0.282. The van der Waals surface area contributed by atoms with E-state index in [1.165, 1.54) is 7.11 Å². The molecular weight excluding hydrogens is 162 g/mol.